The van der Waals surface area contributed by atoms with Crippen LogP contribution in [0.1, 0.15) is 15.9 Å². The molecule has 0 amide bonds. The number of aldehydes is 1. The van der Waals surface area contributed by atoms with Crippen molar-refractivity contribution in [3.8, 4) is 5.75 Å². The zero-order valence-electron chi connectivity index (χ0n) is 10.6. The second-order valence-electron chi connectivity index (χ2n) is 4.16. The lowest BCUT2D eigenvalue weighted by Gasteiger charge is -2.08. The highest BCUT2D eigenvalue weighted by Gasteiger charge is 2.15. The molecule has 2 aromatic rings. The Morgan fingerprint density at radius 1 is 1.29 bits per heavy atom. The van der Waals surface area contributed by atoms with Crippen LogP contribution in [0.3, 0.4) is 0 Å². The third-order valence-electron chi connectivity index (χ3n) is 2.67. The van der Waals surface area contributed by atoms with Crippen molar-refractivity contribution in [1.82, 2.24) is 0 Å². The number of rotatable bonds is 5. The molecule has 2 aromatic carbocycles. The van der Waals surface area contributed by atoms with Gasteiger partial charge in [-0.05, 0) is 24.3 Å². The summed E-state index contributed by atoms with van der Waals surface area (Å²) in [5.41, 5.74) is 0.228. The molecule has 0 N–H and O–H groups in total. The highest BCUT2D eigenvalue weighted by atomic mass is 35.5. The van der Waals surface area contributed by atoms with E-state index in [1.54, 1.807) is 0 Å². The van der Waals surface area contributed by atoms with E-state index < -0.39 is 10.7 Å². The Hall–Kier alpha value is -2.47. The predicted octanol–water partition coefficient (Wildman–Crippen LogP) is 3.78. The smallest absolute Gasteiger partial charge is 0.277 e. The van der Waals surface area contributed by atoms with Crippen LogP contribution in [0.25, 0.3) is 0 Å². The molecular weight excluding hydrogens is 301 g/mol. The quantitative estimate of drug-likeness (QED) is 0.479. The van der Waals surface area contributed by atoms with Gasteiger partial charge in [0.2, 0.25) is 0 Å². The predicted molar refractivity (Wildman–Crippen MR) is 74.2 cm³/mol. The van der Waals surface area contributed by atoms with E-state index in [0.29, 0.717) is 11.8 Å². The second kappa shape index (κ2) is 6.32. The lowest BCUT2D eigenvalue weighted by Crippen LogP contribution is -2.01. The standard InChI is InChI=1S/C14H9ClFNO4/c15-11-2-1-10(14(5-11)17(19)20)8-21-13-4-9(7-18)3-12(16)6-13/h1-7H,8H2. The molecule has 0 fully saturated rings. The van der Waals surface area contributed by atoms with Gasteiger partial charge in [-0.1, -0.05) is 11.6 Å². The molecule has 5 nitrogen and oxygen atoms in total. The summed E-state index contributed by atoms with van der Waals surface area (Å²) in [6.45, 7) is -0.144. The van der Waals surface area contributed by atoms with Gasteiger partial charge in [0, 0.05) is 22.7 Å². The molecule has 0 aliphatic heterocycles. The minimum Gasteiger partial charge on any atom is -0.489 e. The summed E-state index contributed by atoms with van der Waals surface area (Å²) in [5.74, 6) is -0.512. The van der Waals surface area contributed by atoms with Crippen molar-refractivity contribution in [2.45, 2.75) is 6.61 Å². The molecule has 0 heterocycles. The van der Waals surface area contributed by atoms with E-state index in [2.05, 4.69) is 0 Å². The Morgan fingerprint density at radius 3 is 2.71 bits per heavy atom. The lowest BCUT2D eigenvalue weighted by atomic mass is 10.2. The summed E-state index contributed by atoms with van der Waals surface area (Å²) in [4.78, 5) is 21.0. The van der Waals surface area contributed by atoms with E-state index >= 15 is 0 Å². The largest absolute Gasteiger partial charge is 0.489 e. The number of carbonyl (C=O) groups is 1. The summed E-state index contributed by atoms with van der Waals surface area (Å²) >= 11 is 5.70. The van der Waals surface area contributed by atoms with Crippen LogP contribution in [0.15, 0.2) is 36.4 Å². The molecule has 0 spiro atoms. The Kier molecular flexibility index (Phi) is 4.49. The summed E-state index contributed by atoms with van der Waals surface area (Å²) < 4.78 is 18.5. The van der Waals surface area contributed by atoms with Gasteiger partial charge in [0.15, 0.2) is 0 Å². The molecule has 21 heavy (non-hydrogen) atoms. The highest BCUT2D eigenvalue weighted by molar-refractivity contribution is 6.30. The number of carbonyl (C=O) groups excluding carboxylic acids is 1. The molecule has 0 atom stereocenters. The van der Waals surface area contributed by atoms with Crippen LogP contribution < -0.4 is 4.74 Å². The average molecular weight is 310 g/mol. The van der Waals surface area contributed by atoms with Gasteiger partial charge in [-0.15, -0.1) is 0 Å². The molecule has 0 saturated carbocycles. The molecular formula is C14H9ClFNO4. The average Bonchev–Trinajstić information content (AvgIpc) is 2.45. The first-order valence-electron chi connectivity index (χ1n) is 5.81. The molecule has 0 unspecified atom stereocenters. The van der Waals surface area contributed by atoms with Gasteiger partial charge < -0.3 is 4.74 Å². The van der Waals surface area contributed by atoms with Crippen molar-refractivity contribution in [2.24, 2.45) is 0 Å². The fourth-order valence-corrected chi connectivity index (χ4v) is 1.89. The normalized spacial score (nSPS) is 10.2. The number of ether oxygens (including phenoxy) is 1. The topological polar surface area (TPSA) is 69.4 Å². The molecule has 0 radical (unpaired) electrons. The maximum absolute atomic E-state index is 13.2. The first-order valence-corrected chi connectivity index (χ1v) is 6.19. The van der Waals surface area contributed by atoms with E-state index in [1.165, 1.54) is 24.3 Å². The van der Waals surface area contributed by atoms with Gasteiger partial charge in [-0.2, -0.15) is 0 Å². The third kappa shape index (κ3) is 3.76. The molecule has 0 aliphatic carbocycles. The fraction of sp³-hybridized carbons (Fsp3) is 0.0714. The number of hydrogen-bond acceptors (Lipinski definition) is 4. The molecule has 7 heteroatoms. The van der Waals surface area contributed by atoms with E-state index in [0.717, 1.165) is 12.1 Å². The molecule has 108 valence electrons. The fourth-order valence-electron chi connectivity index (χ4n) is 1.73. The number of nitro benzene ring substituents is 1. The van der Waals surface area contributed by atoms with E-state index in [-0.39, 0.29) is 28.6 Å². The van der Waals surface area contributed by atoms with Crippen molar-refractivity contribution >= 4 is 23.6 Å². The second-order valence-corrected chi connectivity index (χ2v) is 4.59. The molecule has 2 rings (SSSR count). The maximum Gasteiger partial charge on any atom is 0.277 e. The lowest BCUT2D eigenvalue weighted by molar-refractivity contribution is -0.385. The number of benzene rings is 2. The van der Waals surface area contributed by atoms with Gasteiger partial charge in [0.1, 0.15) is 24.5 Å². The zero-order chi connectivity index (χ0) is 15.4. The zero-order valence-corrected chi connectivity index (χ0v) is 11.3. The Bertz CT molecular complexity index is 705. The summed E-state index contributed by atoms with van der Waals surface area (Å²) in [7, 11) is 0. The third-order valence-corrected chi connectivity index (χ3v) is 2.90. The number of halogens is 2. The number of nitrogens with zero attached hydrogens (tertiary/aromatic N) is 1. The highest BCUT2D eigenvalue weighted by Crippen LogP contribution is 2.25. The van der Waals surface area contributed by atoms with Crippen LogP contribution in [0, 0.1) is 15.9 Å². The van der Waals surface area contributed by atoms with Crippen LogP contribution in [0.4, 0.5) is 10.1 Å². The van der Waals surface area contributed by atoms with Crippen molar-refractivity contribution < 1.29 is 18.8 Å². The summed E-state index contributed by atoms with van der Waals surface area (Å²) in [6.07, 6.45) is 0.487. The summed E-state index contributed by atoms with van der Waals surface area (Å²) in [6, 6.07) is 7.66. The monoisotopic (exact) mass is 309 g/mol. The van der Waals surface area contributed by atoms with Crippen molar-refractivity contribution in [3.05, 3.63) is 68.5 Å². The molecule has 0 saturated heterocycles. The van der Waals surface area contributed by atoms with Crippen LogP contribution >= 0.6 is 11.6 Å². The Morgan fingerprint density at radius 2 is 2.05 bits per heavy atom. The van der Waals surface area contributed by atoms with Crippen molar-refractivity contribution in [3.63, 3.8) is 0 Å². The van der Waals surface area contributed by atoms with E-state index in [1.807, 2.05) is 0 Å². The first kappa shape index (κ1) is 14.9. The van der Waals surface area contributed by atoms with E-state index in [4.69, 9.17) is 16.3 Å². The molecule has 0 bridgehead atoms. The van der Waals surface area contributed by atoms with Gasteiger partial charge in [0.25, 0.3) is 5.69 Å². The summed E-state index contributed by atoms with van der Waals surface area (Å²) in [5, 5.41) is 11.2. The molecule has 0 aliphatic rings. The number of hydrogen-bond donors (Lipinski definition) is 0. The first-order chi connectivity index (χ1) is 9.99. The minimum atomic E-state index is -0.625. The van der Waals surface area contributed by atoms with Gasteiger partial charge >= 0.3 is 0 Å². The van der Waals surface area contributed by atoms with Gasteiger partial charge in [-0.3, -0.25) is 14.9 Å². The van der Waals surface area contributed by atoms with Crippen molar-refractivity contribution in [2.75, 3.05) is 0 Å². The minimum absolute atomic E-state index is 0.112. The van der Waals surface area contributed by atoms with Gasteiger partial charge in [0.05, 0.1) is 10.5 Å². The number of nitro groups is 1. The molecule has 0 aromatic heterocycles. The SMILES string of the molecule is O=Cc1cc(F)cc(OCc2ccc(Cl)cc2[N+](=O)[O-])c1. The Balaban J connectivity index is 2.22. The van der Waals surface area contributed by atoms with Crippen LogP contribution in [-0.2, 0) is 6.61 Å². The van der Waals surface area contributed by atoms with Crippen LogP contribution in [-0.4, -0.2) is 11.2 Å². The maximum atomic E-state index is 13.2. The van der Waals surface area contributed by atoms with Crippen molar-refractivity contribution in [1.29, 1.82) is 0 Å². The van der Waals surface area contributed by atoms with Gasteiger partial charge in [-0.25, -0.2) is 4.39 Å². The van der Waals surface area contributed by atoms with Crippen LogP contribution in [0.5, 0.6) is 5.75 Å². The Labute approximate surface area is 124 Å². The van der Waals surface area contributed by atoms with E-state index in [9.17, 15) is 19.3 Å². The van der Waals surface area contributed by atoms with Crippen LogP contribution in [0.2, 0.25) is 5.02 Å².